The third-order valence-electron chi connectivity index (χ3n) is 3.69. The van der Waals surface area contributed by atoms with Crippen LogP contribution in [0.2, 0.25) is 0 Å². The maximum absolute atomic E-state index is 12.0. The summed E-state index contributed by atoms with van der Waals surface area (Å²) in [6.07, 6.45) is 2.52. The Kier molecular flexibility index (Phi) is 4.90. The second-order valence-electron chi connectivity index (χ2n) is 5.62. The number of ether oxygens (including phenoxy) is 1. The fraction of sp³-hybridized carbons (Fsp3) is 0.500. The summed E-state index contributed by atoms with van der Waals surface area (Å²) in [6, 6.07) is 3.82. The Balaban J connectivity index is 1.50. The molecule has 0 bridgehead atoms. The van der Waals surface area contributed by atoms with Crippen LogP contribution in [-0.4, -0.2) is 30.6 Å². The molecule has 0 aromatic carbocycles. The van der Waals surface area contributed by atoms with Gasteiger partial charge < -0.3 is 14.5 Å². The van der Waals surface area contributed by atoms with Gasteiger partial charge in [-0.15, -0.1) is 11.3 Å². The fourth-order valence-electron chi connectivity index (χ4n) is 2.50. The third-order valence-corrected chi connectivity index (χ3v) is 4.59. The van der Waals surface area contributed by atoms with Crippen molar-refractivity contribution in [1.82, 2.24) is 10.3 Å². The van der Waals surface area contributed by atoms with E-state index in [2.05, 4.69) is 10.3 Å². The van der Waals surface area contributed by atoms with E-state index >= 15 is 0 Å². The Morgan fingerprint density at radius 3 is 3.14 bits per heavy atom. The van der Waals surface area contributed by atoms with Crippen molar-refractivity contribution in [2.24, 2.45) is 5.92 Å². The van der Waals surface area contributed by atoms with Crippen LogP contribution in [0.15, 0.2) is 21.9 Å². The van der Waals surface area contributed by atoms with Crippen molar-refractivity contribution in [3.63, 3.8) is 0 Å². The predicted molar refractivity (Wildman–Crippen MR) is 84.8 cm³/mol. The van der Waals surface area contributed by atoms with Crippen LogP contribution >= 0.6 is 11.3 Å². The van der Waals surface area contributed by atoms with Crippen molar-refractivity contribution >= 4 is 17.2 Å². The van der Waals surface area contributed by atoms with Crippen LogP contribution < -0.4 is 5.32 Å². The monoisotopic (exact) mass is 320 g/mol. The smallest absolute Gasteiger partial charge is 0.226 e. The van der Waals surface area contributed by atoms with E-state index in [1.54, 1.807) is 0 Å². The molecule has 0 spiro atoms. The van der Waals surface area contributed by atoms with Gasteiger partial charge in [-0.25, -0.2) is 4.98 Å². The van der Waals surface area contributed by atoms with E-state index in [1.807, 2.05) is 24.4 Å². The number of nitrogens with zero attached hydrogens (tertiary/aromatic N) is 1. The van der Waals surface area contributed by atoms with Gasteiger partial charge in [0, 0.05) is 18.5 Å². The van der Waals surface area contributed by atoms with E-state index in [9.17, 15) is 4.79 Å². The molecule has 1 amide bonds. The van der Waals surface area contributed by atoms with Crippen molar-refractivity contribution in [3.8, 4) is 10.8 Å². The molecule has 0 aliphatic carbocycles. The molecular formula is C16H20N2O3S. The van der Waals surface area contributed by atoms with Gasteiger partial charge >= 0.3 is 0 Å². The lowest BCUT2D eigenvalue weighted by Gasteiger charge is -2.22. The second kappa shape index (κ2) is 7.07. The lowest BCUT2D eigenvalue weighted by atomic mass is 10.0. The minimum absolute atomic E-state index is 0.0121. The van der Waals surface area contributed by atoms with E-state index in [0.717, 1.165) is 48.3 Å². The minimum Gasteiger partial charge on any atom is -0.459 e. The summed E-state index contributed by atoms with van der Waals surface area (Å²) in [4.78, 5) is 16.5. The molecule has 0 saturated carbocycles. The van der Waals surface area contributed by atoms with Crippen LogP contribution in [0.3, 0.4) is 0 Å². The number of aromatic nitrogens is 1. The predicted octanol–water partition coefficient (Wildman–Crippen LogP) is 2.80. The first-order chi connectivity index (χ1) is 10.7. The highest BCUT2D eigenvalue weighted by molar-refractivity contribution is 7.13. The van der Waals surface area contributed by atoms with Crippen LogP contribution in [0.1, 0.15) is 24.3 Å². The number of furan rings is 1. The van der Waals surface area contributed by atoms with Gasteiger partial charge in [0.1, 0.15) is 5.76 Å². The molecule has 1 saturated heterocycles. The first-order valence-electron chi connectivity index (χ1n) is 7.56. The molecule has 6 heteroatoms. The molecule has 5 nitrogen and oxygen atoms in total. The molecule has 118 valence electrons. The summed E-state index contributed by atoms with van der Waals surface area (Å²) in [5.41, 5.74) is 0.784. The molecule has 1 fully saturated rings. The summed E-state index contributed by atoms with van der Waals surface area (Å²) in [6.45, 7) is 4.19. The largest absolute Gasteiger partial charge is 0.459 e. The Hall–Kier alpha value is -1.66. The number of rotatable bonds is 5. The number of amides is 1. The Bertz CT molecular complexity index is 629. The van der Waals surface area contributed by atoms with Gasteiger partial charge in [-0.05, 0) is 37.8 Å². The number of nitrogens with one attached hydrogen (secondary N) is 1. The van der Waals surface area contributed by atoms with Gasteiger partial charge in [-0.3, -0.25) is 4.79 Å². The molecule has 3 heterocycles. The molecule has 1 aliphatic rings. The second-order valence-corrected chi connectivity index (χ2v) is 6.48. The Morgan fingerprint density at radius 1 is 1.50 bits per heavy atom. The maximum atomic E-state index is 12.0. The Morgan fingerprint density at radius 2 is 2.41 bits per heavy atom. The Labute approximate surface area is 133 Å². The molecule has 3 rings (SSSR count). The summed E-state index contributed by atoms with van der Waals surface area (Å²) in [5.74, 6) is 2.07. The number of thiazole rings is 1. The summed E-state index contributed by atoms with van der Waals surface area (Å²) >= 11 is 1.50. The first kappa shape index (κ1) is 15.2. The number of carbonyl (C=O) groups is 1. The molecule has 0 radical (unpaired) electrons. The SMILES string of the molecule is Cc1ccc(-c2nc(CC(=O)NC[C@@H]3CCCOC3)cs2)o1. The summed E-state index contributed by atoms with van der Waals surface area (Å²) < 4.78 is 11.0. The standard InChI is InChI=1S/C16H20N2O3S/c1-11-4-5-14(21-11)16-18-13(10-22-16)7-15(19)17-8-12-3-2-6-20-9-12/h4-5,10,12H,2-3,6-9H2,1H3,(H,17,19)/t12-/m0/s1. The topological polar surface area (TPSA) is 64.4 Å². The maximum Gasteiger partial charge on any atom is 0.226 e. The van der Waals surface area contributed by atoms with Gasteiger partial charge in [0.2, 0.25) is 5.91 Å². The van der Waals surface area contributed by atoms with E-state index in [4.69, 9.17) is 9.15 Å². The molecule has 2 aromatic heterocycles. The number of carbonyl (C=O) groups excluding carboxylic acids is 1. The van der Waals surface area contributed by atoms with Crippen LogP contribution in [0.25, 0.3) is 10.8 Å². The van der Waals surface area contributed by atoms with Gasteiger partial charge in [-0.2, -0.15) is 0 Å². The first-order valence-corrected chi connectivity index (χ1v) is 8.44. The number of hydrogen-bond donors (Lipinski definition) is 1. The van der Waals surface area contributed by atoms with E-state index in [0.29, 0.717) is 18.9 Å². The summed E-state index contributed by atoms with van der Waals surface area (Å²) in [5, 5.41) is 5.71. The van der Waals surface area contributed by atoms with E-state index in [1.165, 1.54) is 11.3 Å². The highest BCUT2D eigenvalue weighted by Gasteiger charge is 2.16. The lowest BCUT2D eigenvalue weighted by Crippen LogP contribution is -2.34. The van der Waals surface area contributed by atoms with Crippen molar-refractivity contribution in [2.45, 2.75) is 26.2 Å². The highest BCUT2D eigenvalue weighted by atomic mass is 32.1. The van der Waals surface area contributed by atoms with Crippen LogP contribution in [0.4, 0.5) is 0 Å². The van der Waals surface area contributed by atoms with Crippen molar-refractivity contribution < 1.29 is 13.9 Å². The average Bonchev–Trinajstić information content (AvgIpc) is 3.15. The minimum atomic E-state index is 0.0121. The molecule has 22 heavy (non-hydrogen) atoms. The van der Waals surface area contributed by atoms with Crippen molar-refractivity contribution in [3.05, 3.63) is 29.0 Å². The van der Waals surface area contributed by atoms with Crippen molar-refractivity contribution in [1.29, 1.82) is 0 Å². The third kappa shape index (κ3) is 3.96. The van der Waals surface area contributed by atoms with E-state index < -0.39 is 0 Å². The number of aryl methyl sites for hydroxylation is 1. The molecule has 2 aromatic rings. The van der Waals surface area contributed by atoms with Crippen LogP contribution in [0, 0.1) is 12.8 Å². The summed E-state index contributed by atoms with van der Waals surface area (Å²) in [7, 11) is 0. The fourth-order valence-corrected chi connectivity index (χ4v) is 3.28. The average molecular weight is 320 g/mol. The zero-order valence-corrected chi connectivity index (χ0v) is 13.4. The molecular weight excluding hydrogens is 300 g/mol. The van der Waals surface area contributed by atoms with Crippen LogP contribution in [-0.2, 0) is 16.0 Å². The zero-order chi connectivity index (χ0) is 15.4. The van der Waals surface area contributed by atoms with Crippen molar-refractivity contribution in [2.75, 3.05) is 19.8 Å². The highest BCUT2D eigenvalue weighted by Crippen LogP contribution is 2.25. The zero-order valence-electron chi connectivity index (χ0n) is 12.6. The van der Waals surface area contributed by atoms with Gasteiger partial charge in [0.05, 0.1) is 18.7 Å². The van der Waals surface area contributed by atoms with E-state index in [-0.39, 0.29) is 5.91 Å². The van der Waals surface area contributed by atoms with Gasteiger partial charge in [-0.1, -0.05) is 0 Å². The lowest BCUT2D eigenvalue weighted by molar-refractivity contribution is -0.120. The quantitative estimate of drug-likeness (QED) is 0.920. The number of hydrogen-bond acceptors (Lipinski definition) is 5. The van der Waals surface area contributed by atoms with Gasteiger partial charge in [0.15, 0.2) is 10.8 Å². The van der Waals surface area contributed by atoms with Gasteiger partial charge in [0.25, 0.3) is 0 Å². The normalized spacial score (nSPS) is 18.3. The molecule has 1 N–H and O–H groups in total. The molecule has 0 unspecified atom stereocenters. The molecule has 1 aliphatic heterocycles. The van der Waals surface area contributed by atoms with Crippen LogP contribution in [0.5, 0.6) is 0 Å². The molecule has 1 atom stereocenters.